The molecule has 1 aliphatic heterocycles. The standard InChI is InChI=1S/C11H11BrF2N2S/c1-11(2)5-17-10(16-11)15-9-3-6(12)7(13)4-8(9)14/h3-4H,5H2,1-2H3,(H,15,16). The molecule has 92 valence electrons. The number of nitrogens with zero attached hydrogens (tertiary/aromatic N) is 1. The van der Waals surface area contributed by atoms with E-state index < -0.39 is 11.6 Å². The first-order valence-electron chi connectivity index (χ1n) is 5.02. The number of hydrogen-bond acceptors (Lipinski definition) is 3. The molecule has 2 nitrogen and oxygen atoms in total. The van der Waals surface area contributed by atoms with E-state index in [-0.39, 0.29) is 15.7 Å². The summed E-state index contributed by atoms with van der Waals surface area (Å²) in [5, 5.41) is 3.53. The van der Waals surface area contributed by atoms with Crippen LogP contribution in [0.1, 0.15) is 13.8 Å². The Labute approximate surface area is 111 Å². The lowest BCUT2D eigenvalue weighted by atomic mass is 10.1. The van der Waals surface area contributed by atoms with E-state index >= 15 is 0 Å². The minimum atomic E-state index is -0.626. The van der Waals surface area contributed by atoms with Gasteiger partial charge in [0.2, 0.25) is 0 Å². The van der Waals surface area contributed by atoms with Gasteiger partial charge in [-0.3, -0.25) is 4.99 Å². The molecule has 0 amide bonds. The van der Waals surface area contributed by atoms with E-state index in [4.69, 9.17) is 0 Å². The van der Waals surface area contributed by atoms with E-state index in [9.17, 15) is 8.78 Å². The number of nitrogens with one attached hydrogen (secondary N) is 1. The molecule has 0 atom stereocenters. The highest BCUT2D eigenvalue weighted by Crippen LogP contribution is 2.30. The molecular weight excluding hydrogens is 310 g/mol. The van der Waals surface area contributed by atoms with Crippen molar-refractivity contribution in [3.63, 3.8) is 0 Å². The molecule has 1 aliphatic rings. The van der Waals surface area contributed by atoms with Crippen LogP contribution in [0.3, 0.4) is 0 Å². The summed E-state index contributed by atoms with van der Waals surface area (Å²) < 4.78 is 26.8. The SMILES string of the molecule is CC1(C)CSC(Nc2cc(Br)c(F)cc2F)=N1. The predicted octanol–water partition coefficient (Wildman–Crippen LogP) is 4.02. The van der Waals surface area contributed by atoms with Crippen molar-refractivity contribution >= 4 is 38.5 Å². The molecule has 0 aliphatic carbocycles. The molecule has 0 spiro atoms. The molecule has 0 aromatic heterocycles. The second-order valence-electron chi connectivity index (χ2n) is 4.39. The third-order valence-corrected chi connectivity index (χ3v) is 4.14. The molecule has 1 N–H and O–H groups in total. The van der Waals surface area contributed by atoms with Crippen LogP contribution in [0.25, 0.3) is 0 Å². The number of hydrogen-bond donors (Lipinski definition) is 1. The van der Waals surface area contributed by atoms with Gasteiger partial charge < -0.3 is 5.32 Å². The molecule has 0 fully saturated rings. The summed E-state index contributed by atoms with van der Waals surface area (Å²) in [4.78, 5) is 4.40. The molecule has 0 saturated heterocycles. The van der Waals surface area contributed by atoms with E-state index in [0.717, 1.165) is 11.8 Å². The summed E-state index contributed by atoms with van der Waals surface area (Å²) in [6.07, 6.45) is 0. The zero-order valence-corrected chi connectivity index (χ0v) is 11.8. The second-order valence-corrected chi connectivity index (χ2v) is 6.21. The molecule has 17 heavy (non-hydrogen) atoms. The lowest BCUT2D eigenvalue weighted by molar-refractivity contribution is 0.581. The van der Waals surface area contributed by atoms with Gasteiger partial charge in [0.25, 0.3) is 0 Å². The fourth-order valence-corrected chi connectivity index (χ4v) is 2.77. The van der Waals surface area contributed by atoms with Crippen molar-refractivity contribution in [3.05, 3.63) is 28.2 Å². The Hall–Kier alpha value is -0.620. The highest BCUT2D eigenvalue weighted by Gasteiger charge is 2.25. The lowest BCUT2D eigenvalue weighted by Crippen LogP contribution is -2.15. The Kier molecular flexibility index (Phi) is 3.45. The van der Waals surface area contributed by atoms with Crippen LogP contribution < -0.4 is 5.32 Å². The van der Waals surface area contributed by atoms with Crippen molar-refractivity contribution in [2.45, 2.75) is 19.4 Å². The summed E-state index contributed by atoms with van der Waals surface area (Å²) in [6, 6.07) is 2.22. The first kappa shape index (κ1) is 12.8. The van der Waals surface area contributed by atoms with E-state index in [0.29, 0.717) is 5.17 Å². The lowest BCUT2D eigenvalue weighted by Gasteiger charge is -2.09. The van der Waals surface area contributed by atoms with Gasteiger partial charge in [-0.1, -0.05) is 11.8 Å². The van der Waals surface area contributed by atoms with Crippen molar-refractivity contribution in [3.8, 4) is 0 Å². The summed E-state index contributed by atoms with van der Waals surface area (Å²) in [6.45, 7) is 4.01. The number of halogens is 3. The van der Waals surface area contributed by atoms with Crippen molar-refractivity contribution in [1.29, 1.82) is 0 Å². The van der Waals surface area contributed by atoms with Crippen LogP contribution in [-0.4, -0.2) is 16.5 Å². The van der Waals surface area contributed by atoms with Gasteiger partial charge in [0.1, 0.15) is 11.6 Å². The minimum absolute atomic E-state index is 0.138. The zero-order valence-electron chi connectivity index (χ0n) is 9.35. The molecule has 2 rings (SSSR count). The summed E-state index contributed by atoms with van der Waals surface area (Å²) in [5.74, 6) is -0.396. The number of anilines is 1. The van der Waals surface area contributed by atoms with Crippen LogP contribution in [0.4, 0.5) is 14.5 Å². The largest absolute Gasteiger partial charge is 0.333 e. The number of thioether (sulfide) groups is 1. The van der Waals surface area contributed by atoms with Gasteiger partial charge in [0.15, 0.2) is 5.17 Å². The quantitative estimate of drug-likeness (QED) is 0.790. The van der Waals surface area contributed by atoms with Gasteiger partial charge >= 0.3 is 0 Å². The van der Waals surface area contributed by atoms with E-state index in [2.05, 4.69) is 26.2 Å². The number of rotatable bonds is 1. The van der Waals surface area contributed by atoms with Gasteiger partial charge in [0, 0.05) is 11.8 Å². The molecule has 0 radical (unpaired) electrons. The highest BCUT2D eigenvalue weighted by molar-refractivity contribution is 9.10. The normalized spacial score (nSPS) is 18.1. The van der Waals surface area contributed by atoms with Crippen LogP contribution in [0.15, 0.2) is 21.6 Å². The topological polar surface area (TPSA) is 24.4 Å². The summed E-state index contributed by atoms with van der Waals surface area (Å²) in [5.41, 5.74) is 0.0861. The first-order valence-corrected chi connectivity index (χ1v) is 6.79. The first-order chi connectivity index (χ1) is 7.87. The van der Waals surface area contributed by atoms with Crippen LogP contribution in [0, 0.1) is 11.6 Å². The second kappa shape index (κ2) is 4.57. The molecule has 0 saturated carbocycles. The van der Waals surface area contributed by atoms with Crippen LogP contribution >= 0.6 is 27.7 Å². The van der Waals surface area contributed by atoms with Crippen molar-refractivity contribution in [1.82, 2.24) is 0 Å². The smallest absolute Gasteiger partial charge is 0.161 e. The monoisotopic (exact) mass is 320 g/mol. The maximum Gasteiger partial charge on any atom is 0.161 e. The Morgan fingerprint density at radius 2 is 2.06 bits per heavy atom. The maximum atomic E-state index is 13.5. The number of aliphatic imine (C=N–C) groups is 1. The van der Waals surface area contributed by atoms with Gasteiger partial charge in [0.05, 0.1) is 15.7 Å². The Balaban J connectivity index is 2.23. The molecule has 1 heterocycles. The fraction of sp³-hybridized carbons (Fsp3) is 0.364. The molecule has 1 aromatic carbocycles. The van der Waals surface area contributed by atoms with E-state index in [1.54, 1.807) is 0 Å². The Morgan fingerprint density at radius 1 is 1.35 bits per heavy atom. The summed E-state index contributed by atoms with van der Waals surface area (Å²) in [7, 11) is 0. The molecule has 1 aromatic rings. The maximum absolute atomic E-state index is 13.5. The third-order valence-electron chi connectivity index (χ3n) is 2.22. The molecule has 6 heteroatoms. The van der Waals surface area contributed by atoms with Gasteiger partial charge in [-0.05, 0) is 35.8 Å². The number of amidine groups is 1. The Morgan fingerprint density at radius 3 is 2.65 bits per heavy atom. The van der Waals surface area contributed by atoms with E-state index in [1.165, 1.54) is 17.8 Å². The van der Waals surface area contributed by atoms with Crippen molar-refractivity contribution in [2.75, 3.05) is 11.1 Å². The summed E-state index contributed by atoms with van der Waals surface area (Å²) >= 11 is 4.55. The average Bonchev–Trinajstić information content (AvgIpc) is 2.54. The fourth-order valence-electron chi connectivity index (χ4n) is 1.38. The van der Waals surface area contributed by atoms with Gasteiger partial charge in [-0.2, -0.15) is 0 Å². The van der Waals surface area contributed by atoms with Crippen molar-refractivity contribution < 1.29 is 8.78 Å². The van der Waals surface area contributed by atoms with Crippen LogP contribution in [0.5, 0.6) is 0 Å². The zero-order chi connectivity index (χ0) is 12.6. The number of benzene rings is 1. The van der Waals surface area contributed by atoms with Crippen molar-refractivity contribution in [2.24, 2.45) is 4.99 Å². The average molecular weight is 321 g/mol. The minimum Gasteiger partial charge on any atom is -0.333 e. The third kappa shape index (κ3) is 2.98. The molecule has 0 unspecified atom stereocenters. The predicted molar refractivity (Wildman–Crippen MR) is 71.7 cm³/mol. The molecular formula is C11H11BrF2N2S. The van der Waals surface area contributed by atoms with E-state index in [1.807, 2.05) is 13.8 Å². The van der Waals surface area contributed by atoms with Gasteiger partial charge in [-0.25, -0.2) is 8.78 Å². The molecule has 0 bridgehead atoms. The van der Waals surface area contributed by atoms with Crippen LogP contribution in [-0.2, 0) is 0 Å². The highest BCUT2D eigenvalue weighted by atomic mass is 79.9. The van der Waals surface area contributed by atoms with Gasteiger partial charge in [-0.15, -0.1) is 0 Å². The van der Waals surface area contributed by atoms with Crippen LogP contribution in [0.2, 0.25) is 0 Å². The Bertz CT molecular complexity index is 489.